The third-order valence-electron chi connectivity index (χ3n) is 4.62. The van der Waals surface area contributed by atoms with Crippen LogP contribution in [0.4, 0.5) is 0 Å². The van der Waals surface area contributed by atoms with Crippen molar-refractivity contribution in [3.63, 3.8) is 0 Å². The Morgan fingerprint density at radius 3 is 2.89 bits per heavy atom. The molecule has 0 saturated heterocycles. The largest absolute Gasteiger partial charge is 0.454 e. The summed E-state index contributed by atoms with van der Waals surface area (Å²) in [6.45, 7) is 3.42. The van der Waals surface area contributed by atoms with E-state index in [1.165, 1.54) is 31.2 Å². The van der Waals surface area contributed by atoms with Crippen LogP contribution in [0.3, 0.4) is 0 Å². The van der Waals surface area contributed by atoms with Crippen molar-refractivity contribution in [3.05, 3.63) is 23.8 Å². The number of benzene rings is 1. The first kappa shape index (κ1) is 12.8. The van der Waals surface area contributed by atoms with Crippen LogP contribution in [-0.4, -0.2) is 13.3 Å². The third kappa shape index (κ3) is 2.57. The van der Waals surface area contributed by atoms with E-state index in [0.29, 0.717) is 18.6 Å². The molecule has 0 bridgehead atoms. The average molecular weight is 261 g/mol. The predicted octanol–water partition coefficient (Wildman–Crippen LogP) is 3.28. The van der Waals surface area contributed by atoms with Gasteiger partial charge >= 0.3 is 0 Å². The van der Waals surface area contributed by atoms with Crippen molar-refractivity contribution in [3.8, 4) is 11.5 Å². The van der Waals surface area contributed by atoms with Crippen LogP contribution < -0.4 is 15.2 Å². The van der Waals surface area contributed by atoms with Crippen molar-refractivity contribution >= 4 is 0 Å². The van der Waals surface area contributed by atoms with Crippen LogP contribution in [0.5, 0.6) is 11.5 Å². The summed E-state index contributed by atoms with van der Waals surface area (Å²) in [4.78, 5) is 0. The van der Waals surface area contributed by atoms with Crippen molar-refractivity contribution in [2.45, 2.75) is 38.5 Å². The van der Waals surface area contributed by atoms with Gasteiger partial charge in [-0.05, 0) is 54.8 Å². The van der Waals surface area contributed by atoms with E-state index >= 15 is 0 Å². The second-order valence-corrected chi connectivity index (χ2v) is 5.99. The summed E-state index contributed by atoms with van der Waals surface area (Å²) < 4.78 is 10.9. The fourth-order valence-electron chi connectivity index (χ4n) is 3.59. The third-order valence-corrected chi connectivity index (χ3v) is 4.62. The monoisotopic (exact) mass is 261 g/mol. The van der Waals surface area contributed by atoms with Crippen LogP contribution in [0, 0.1) is 11.8 Å². The molecule has 1 heterocycles. The zero-order chi connectivity index (χ0) is 13.2. The first-order valence-electron chi connectivity index (χ1n) is 7.37. The molecule has 0 aromatic heterocycles. The van der Waals surface area contributed by atoms with E-state index in [1.54, 1.807) is 0 Å². The molecule has 3 atom stereocenters. The van der Waals surface area contributed by atoms with Crippen molar-refractivity contribution < 1.29 is 9.47 Å². The van der Waals surface area contributed by atoms with Gasteiger partial charge < -0.3 is 15.2 Å². The van der Waals surface area contributed by atoms with E-state index in [9.17, 15) is 0 Å². The molecule has 19 heavy (non-hydrogen) atoms. The summed E-state index contributed by atoms with van der Waals surface area (Å²) in [7, 11) is 0. The predicted molar refractivity (Wildman–Crippen MR) is 75.5 cm³/mol. The number of fused-ring (bicyclic) bond motifs is 1. The lowest BCUT2D eigenvalue weighted by atomic mass is 9.73. The zero-order valence-electron chi connectivity index (χ0n) is 11.6. The fraction of sp³-hybridized carbons (Fsp3) is 0.625. The SMILES string of the molecule is CC1CCCC(C(CN)c2ccc3c(c2)OCO3)C1. The Bertz CT molecular complexity index is 446. The maximum Gasteiger partial charge on any atom is 0.231 e. The molecule has 1 saturated carbocycles. The lowest BCUT2D eigenvalue weighted by Crippen LogP contribution is -2.26. The van der Waals surface area contributed by atoms with Gasteiger partial charge in [0.2, 0.25) is 6.79 Å². The van der Waals surface area contributed by atoms with Gasteiger partial charge in [-0.25, -0.2) is 0 Å². The minimum absolute atomic E-state index is 0.340. The highest BCUT2D eigenvalue weighted by Gasteiger charge is 2.28. The van der Waals surface area contributed by atoms with Crippen molar-refractivity contribution in [1.29, 1.82) is 0 Å². The molecule has 2 aliphatic rings. The number of hydrogen-bond acceptors (Lipinski definition) is 3. The summed E-state index contributed by atoms with van der Waals surface area (Å²) in [5.41, 5.74) is 7.37. The lowest BCUT2D eigenvalue weighted by molar-refractivity contribution is 0.174. The fourth-order valence-corrected chi connectivity index (χ4v) is 3.59. The van der Waals surface area contributed by atoms with Crippen LogP contribution in [0.25, 0.3) is 0 Å². The van der Waals surface area contributed by atoms with Crippen molar-refractivity contribution in [1.82, 2.24) is 0 Å². The molecule has 1 aliphatic carbocycles. The van der Waals surface area contributed by atoms with E-state index in [-0.39, 0.29) is 0 Å². The summed E-state index contributed by atoms with van der Waals surface area (Å²) in [6.07, 6.45) is 5.32. The van der Waals surface area contributed by atoms with E-state index < -0.39 is 0 Å². The van der Waals surface area contributed by atoms with E-state index in [0.717, 1.165) is 24.0 Å². The van der Waals surface area contributed by atoms with Gasteiger partial charge in [0.05, 0.1) is 0 Å². The average Bonchev–Trinajstić information content (AvgIpc) is 2.87. The number of nitrogens with two attached hydrogens (primary N) is 1. The minimum Gasteiger partial charge on any atom is -0.454 e. The highest BCUT2D eigenvalue weighted by Crippen LogP contribution is 2.41. The second kappa shape index (κ2) is 5.41. The minimum atomic E-state index is 0.340. The van der Waals surface area contributed by atoms with E-state index in [4.69, 9.17) is 15.2 Å². The Morgan fingerprint density at radius 2 is 2.11 bits per heavy atom. The zero-order valence-corrected chi connectivity index (χ0v) is 11.6. The Labute approximate surface area is 115 Å². The Morgan fingerprint density at radius 1 is 1.26 bits per heavy atom. The molecule has 1 fully saturated rings. The van der Waals surface area contributed by atoms with Gasteiger partial charge in [-0.1, -0.05) is 25.8 Å². The summed E-state index contributed by atoms with van der Waals surface area (Å²) in [5, 5.41) is 0. The highest BCUT2D eigenvalue weighted by atomic mass is 16.7. The molecule has 3 unspecified atom stereocenters. The summed E-state index contributed by atoms with van der Waals surface area (Å²) in [5.74, 6) is 3.74. The van der Waals surface area contributed by atoms with Gasteiger partial charge in [0.15, 0.2) is 11.5 Å². The molecule has 3 nitrogen and oxygen atoms in total. The molecule has 1 aromatic rings. The van der Waals surface area contributed by atoms with Crippen LogP contribution in [0.15, 0.2) is 18.2 Å². The van der Waals surface area contributed by atoms with Gasteiger partial charge in [0.25, 0.3) is 0 Å². The normalized spacial score (nSPS) is 27.3. The van der Waals surface area contributed by atoms with Crippen LogP contribution in [-0.2, 0) is 0 Å². The van der Waals surface area contributed by atoms with E-state index in [1.807, 2.05) is 6.07 Å². The number of ether oxygens (including phenoxy) is 2. The van der Waals surface area contributed by atoms with Gasteiger partial charge in [0, 0.05) is 0 Å². The number of rotatable bonds is 3. The highest BCUT2D eigenvalue weighted by molar-refractivity contribution is 5.45. The molecular weight excluding hydrogens is 238 g/mol. The maximum atomic E-state index is 6.05. The molecule has 0 radical (unpaired) electrons. The molecule has 1 aromatic carbocycles. The van der Waals surface area contributed by atoms with Crippen molar-refractivity contribution in [2.75, 3.05) is 13.3 Å². The van der Waals surface area contributed by atoms with Gasteiger partial charge in [-0.15, -0.1) is 0 Å². The Hall–Kier alpha value is -1.22. The van der Waals surface area contributed by atoms with Gasteiger partial charge in [-0.3, -0.25) is 0 Å². The molecule has 1 aliphatic heterocycles. The Balaban J connectivity index is 1.81. The molecule has 0 spiro atoms. The molecular formula is C16H23NO2. The van der Waals surface area contributed by atoms with Gasteiger partial charge in [-0.2, -0.15) is 0 Å². The standard InChI is InChI=1S/C16H23NO2/c1-11-3-2-4-12(7-11)14(9-17)13-5-6-15-16(8-13)19-10-18-15/h5-6,8,11-12,14H,2-4,7,9-10,17H2,1H3. The smallest absolute Gasteiger partial charge is 0.231 e. The van der Waals surface area contributed by atoms with Crippen LogP contribution in [0.2, 0.25) is 0 Å². The lowest BCUT2D eigenvalue weighted by Gasteiger charge is -2.33. The van der Waals surface area contributed by atoms with E-state index in [2.05, 4.69) is 19.1 Å². The molecule has 104 valence electrons. The summed E-state index contributed by atoms with van der Waals surface area (Å²) >= 11 is 0. The van der Waals surface area contributed by atoms with Crippen LogP contribution in [0.1, 0.15) is 44.1 Å². The summed E-state index contributed by atoms with van der Waals surface area (Å²) in [6, 6.07) is 6.30. The first-order chi connectivity index (χ1) is 9.28. The Kier molecular flexibility index (Phi) is 3.65. The molecule has 2 N–H and O–H groups in total. The molecule has 3 heteroatoms. The maximum absolute atomic E-state index is 6.05. The first-order valence-corrected chi connectivity index (χ1v) is 7.37. The van der Waals surface area contributed by atoms with Crippen LogP contribution >= 0.6 is 0 Å². The molecule has 3 rings (SSSR count). The molecule has 0 amide bonds. The second-order valence-electron chi connectivity index (χ2n) is 5.99. The quantitative estimate of drug-likeness (QED) is 0.908. The van der Waals surface area contributed by atoms with Crippen molar-refractivity contribution in [2.24, 2.45) is 17.6 Å². The topological polar surface area (TPSA) is 44.5 Å². The number of hydrogen-bond donors (Lipinski definition) is 1. The van der Waals surface area contributed by atoms with Gasteiger partial charge in [0.1, 0.15) is 0 Å².